The van der Waals surface area contributed by atoms with Crippen molar-refractivity contribution in [1.82, 2.24) is 0 Å². The first kappa shape index (κ1) is 21.8. The Kier molecular flexibility index (Phi) is 6.13. The molecule has 1 unspecified atom stereocenters. The van der Waals surface area contributed by atoms with Gasteiger partial charge in [-0.15, -0.1) is 0 Å². The number of aliphatic hydroxyl groups excluding tert-OH is 2. The summed E-state index contributed by atoms with van der Waals surface area (Å²) < 4.78 is 5.90. The van der Waals surface area contributed by atoms with Crippen molar-refractivity contribution < 1.29 is 24.5 Å². The molecule has 0 saturated heterocycles. The van der Waals surface area contributed by atoms with Crippen LogP contribution in [0.25, 0.3) is 5.76 Å². The van der Waals surface area contributed by atoms with E-state index >= 15 is 0 Å². The van der Waals surface area contributed by atoms with E-state index in [-0.39, 0.29) is 24.4 Å². The van der Waals surface area contributed by atoms with Crippen molar-refractivity contribution in [3.63, 3.8) is 0 Å². The molecule has 1 aromatic carbocycles. The lowest BCUT2D eigenvalue weighted by Gasteiger charge is -2.35. The van der Waals surface area contributed by atoms with Crippen molar-refractivity contribution in [1.29, 1.82) is 0 Å². The largest absolute Gasteiger partial charge is 0.506 e. The highest BCUT2D eigenvalue weighted by Gasteiger charge is 2.46. The maximum absolute atomic E-state index is 13.8. The lowest BCUT2D eigenvalue weighted by Crippen LogP contribution is -2.39. The number of Topliss-reactive ketones (excluding diaryl/α,β-unsaturated/α-hetero) is 1. The van der Waals surface area contributed by atoms with E-state index in [9.17, 15) is 19.8 Å². The summed E-state index contributed by atoms with van der Waals surface area (Å²) in [7, 11) is 0. The summed E-state index contributed by atoms with van der Waals surface area (Å²) >= 11 is 0. The van der Waals surface area contributed by atoms with Crippen LogP contribution >= 0.6 is 0 Å². The third kappa shape index (κ3) is 3.77. The van der Waals surface area contributed by atoms with Gasteiger partial charge in [-0.05, 0) is 63.8 Å². The van der Waals surface area contributed by atoms with E-state index in [0.29, 0.717) is 29.7 Å². The second kappa shape index (κ2) is 8.44. The van der Waals surface area contributed by atoms with E-state index in [1.54, 1.807) is 25.1 Å². The first-order valence-corrected chi connectivity index (χ1v) is 10.1. The molecule has 1 heterocycles. The van der Waals surface area contributed by atoms with Crippen molar-refractivity contribution in [2.75, 3.05) is 6.61 Å². The van der Waals surface area contributed by atoms with Gasteiger partial charge in [-0.2, -0.15) is 0 Å². The quantitative estimate of drug-likeness (QED) is 0.563. The second-order valence-corrected chi connectivity index (χ2v) is 8.30. The minimum Gasteiger partial charge on any atom is -0.506 e. The molecule has 1 atom stereocenters. The highest BCUT2D eigenvalue weighted by molar-refractivity contribution is 6.32. The van der Waals surface area contributed by atoms with Crippen LogP contribution in [0.4, 0.5) is 0 Å². The van der Waals surface area contributed by atoms with Crippen molar-refractivity contribution in [2.45, 2.75) is 47.1 Å². The van der Waals surface area contributed by atoms with E-state index in [0.717, 1.165) is 11.1 Å². The van der Waals surface area contributed by atoms with Crippen LogP contribution in [0.1, 0.15) is 51.7 Å². The fourth-order valence-corrected chi connectivity index (χ4v) is 3.95. The van der Waals surface area contributed by atoms with Gasteiger partial charge >= 0.3 is 0 Å². The van der Waals surface area contributed by atoms with Gasteiger partial charge in [0.05, 0.1) is 17.6 Å². The second-order valence-electron chi connectivity index (χ2n) is 8.30. The highest BCUT2D eigenvalue weighted by atomic mass is 16.5. The maximum atomic E-state index is 13.8. The molecule has 0 saturated carbocycles. The van der Waals surface area contributed by atoms with E-state index in [1.165, 1.54) is 6.08 Å². The molecule has 0 spiro atoms. The fourth-order valence-electron chi connectivity index (χ4n) is 3.95. The molecule has 0 fully saturated rings. The molecule has 2 bridgehead atoms. The summed E-state index contributed by atoms with van der Waals surface area (Å²) in [5.74, 6) is -1.04. The molecule has 1 aliphatic carbocycles. The summed E-state index contributed by atoms with van der Waals surface area (Å²) in [6, 6.07) is 5.00. The molecule has 0 aromatic heterocycles. The van der Waals surface area contributed by atoms with E-state index in [4.69, 9.17) is 4.74 Å². The number of rotatable bonds is 3. The summed E-state index contributed by atoms with van der Waals surface area (Å²) in [5.41, 5.74) is 2.08. The van der Waals surface area contributed by atoms with Crippen molar-refractivity contribution in [3.05, 3.63) is 69.8 Å². The molecule has 2 N–H and O–H groups in total. The summed E-state index contributed by atoms with van der Waals surface area (Å²) in [4.78, 5) is 26.7. The van der Waals surface area contributed by atoms with Gasteiger partial charge in [-0.3, -0.25) is 9.59 Å². The molecule has 1 aromatic rings. The first-order chi connectivity index (χ1) is 14.2. The number of ketones is 2. The number of allylic oxidation sites excluding steroid dienone is 6. The average Bonchev–Trinajstić information content (AvgIpc) is 2.71. The van der Waals surface area contributed by atoms with E-state index in [1.807, 2.05) is 32.9 Å². The number of aliphatic hydroxyl groups is 2. The summed E-state index contributed by atoms with van der Waals surface area (Å²) in [6.07, 6.45) is 6.25. The zero-order valence-electron chi connectivity index (χ0n) is 17.9. The SMILES string of the molecule is CC(C)=CCC12C/C=C(\C)COc3cccc(CO)c3/C(O)=C(/C(=O)C=C1C)C2=O. The van der Waals surface area contributed by atoms with Gasteiger partial charge in [0, 0.05) is 0 Å². The monoisotopic (exact) mass is 408 g/mol. The van der Waals surface area contributed by atoms with Gasteiger partial charge in [0.1, 0.15) is 23.7 Å². The van der Waals surface area contributed by atoms with Crippen LogP contribution in [0.3, 0.4) is 0 Å². The highest BCUT2D eigenvalue weighted by Crippen LogP contribution is 2.45. The third-order valence-electron chi connectivity index (χ3n) is 5.88. The molecule has 2 aliphatic rings. The number of benzene rings is 1. The zero-order chi connectivity index (χ0) is 22.1. The molecular weight excluding hydrogens is 380 g/mol. The Bertz CT molecular complexity index is 1020. The molecular formula is C25H28O5. The number of carbonyl (C=O) groups is 2. The summed E-state index contributed by atoms with van der Waals surface area (Å²) in [6.45, 7) is 7.56. The Morgan fingerprint density at radius 3 is 2.63 bits per heavy atom. The number of carbonyl (C=O) groups excluding carboxylic acids is 2. The van der Waals surface area contributed by atoms with Gasteiger partial charge in [-0.25, -0.2) is 0 Å². The normalized spacial score (nSPS) is 25.9. The number of hydrogen-bond acceptors (Lipinski definition) is 5. The molecule has 158 valence electrons. The average molecular weight is 408 g/mol. The minimum absolute atomic E-state index is 0.190. The van der Waals surface area contributed by atoms with Crippen LogP contribution in [-0.2, 0) is 16.2 Å². The molecule has 1 aliphatic heterocycles. The van der Waals surface area contributed by atoms with Crippen LogP contribution < -0.4 is 4.74 Å². The van der Waals surface area contributed by atoms with E-state index < -0.39 is 22.7 Å². The maximum Gasteiger partial charge on any atom is 0.193 e. The molecule has 0 radical (unpaired) electrons. The number of hydrogen-bond donors (Lipinski definition) is 2. The fraction of sp³-hybridized carbons (Fsp3) is 0.360. The Labute approximate surface area is 177 Å². The predicted molar refractivity (Wildman–Crippen MR) is 116 cm³/mol. The van der Waals surface area contributed by atoms with Gasteiger partial charge < -0.3 is 14.9 Å². The molecule has 5 heteroatoms. The molecule has 3 rings (SSSR count). The van der Waals surface area contributed by atoms with Crippen molar-refractivity contribution >= 4 is 17.3 Å². The topological polar surface area (TPSA) is 83.8 Å². The van der Waals surface area contributed by atoms with Gasteiger partial charge in [0.2, 0.25) is 0 Å². The Hall–Kier alpha value is -2.92. The van der Waals surface area contributed by atoms with Gasteiger partial charge in [0.15, 0.2) is 11.6 Å². The smallest absolute Gasteiger partial charge is 0.193 e. The van der Waals surface area contributed by atoms with Gasteiger partial charge in [-0.1, -0.05) is 35.4 Å². The standard InChI is InChI=1S/C25H28O5/c1-15(2)8-10-25-11-9-16(3)14-30-20-7-5-6-18(13-26)21(20)23(28)22(24(25)29)19(27)12-17(25)4/h5-9,12,26,28H,10-11,13-14H2,1-4H3/b16-9+,23-22+. The van der Waals surface area contributed by atoms with E-state index in [2.05, 4.69) is 0 Å². The molecule has 30 heavy (non-hydrogen) atoms. The number of ether oxygens (including phenoxy) is 1. The Balaban J connectivity index is 2.36. The molecule has 5 nitrogen and oxygen atoms in total. The van der Waals surface area contributed by atoms with Crippen LogP contribution in [0.5, 0.6) is 5.75 Å². The lowest BCUT2D eigenvalue weighted by atomic mass is 9.65. The van der Waals surface area contributed by atoms with Gasteiger partial charge in [0.25, 0.3) is 0 Å². The van der Waals surface area contributed by atoms with Crippen LogP contribution in [-0.4, -0.2) is 28.4 Å². The van der Waals surface area contributed by atoms with Crippen molar-refractivity contribution in [3.8, 4) is 5.75 Å². The minimum atomic E-state index is -0.950. The van der Waals surface area contributed by atoms with Crippen molar-refractivity contribution in [2.24, 2.45) is 5.41 Å². The predicted octanol–water partition coefficient (Wildman–Crippen LogP) is 4.62. The van der Waals surface area contributed by atoms with Crippen LogP contribution in [0, 0.1) is 5.41 Å². The summed E-state index contributed by atoms with van der Waals surface area (Å²) in [5, 5.41) is 21.0. The third-order valence-corrected chi connectivity index (χ3v) is 5.88. The first-order valence-electron chi connectivity index (χ1n) is 10.1. The van der Waals surface area contributed by atoms with Crippen LogP contribution in [0.15, 0.2) is 58.7 Å². The number of fused-ring (bicyclic) bond motifs is 3. The lowest BCUT2D eigenvalue weighted by molar-refractivity contribution is -0.126. The molecule has 0 amide bonds. The Morgan fingerprint density at radius 1 is 1.23 bits per heavy atom. The van der Waals surface area contributed by atoms with Crippen LogP contribution in [0.2, 0.25) is 0 Å². The zero-order valence-corrected chi connectivity index (χ0v) is 17.9. The Morgan fingerprint density at radius 2 is 1.97 bits per heavy atom.